The summed E-state index contributed by atoms with van der Waals surface area (Å²) in [7, 11) is -1.48. The number of amides is 1. The maximum absolute atomic E-state index is 13.5. The maximum atomic E-state index is 13.5. The predicted molar refractivity (Wildman–Crippen MR) is 164 cm³/mol. The van der Waals surface area contributed by atoms with E-state index in [4.69, 9.17) is 4.74 Å². The first-order valence-corrected chi connectivity index (χ1v) is 17.4. The van der Waals surface area contributed by atoms with Gasteiger partial charge in [-0.05, 0) is 90.3 Å². The second kappa shape index (κ2) is 13.5. The van der Waals surface area contributed by atoms with E-state index in [1.54, 1.807) is 7.05 Å². The smallest absolute Gasteiger partial charge is 0.272 e. The van der Waals surface area contributed by atoms with Gasteiger partial charge in [-0.25, -0.2) is 22.7 Å². The zero-order valence-electron chi connectivity index (χ0n) is 25.7. The van der Waals surface area contributed by atoms with Crippen molar-refractivity contribution in [2.45, 2.75) is 95.9 Å². The topological polar surface area (TPSA) is 95.9 Å². The molecule has 0 N–H and O–H groups in total. The highest BCUT2D eigenvalue weighted by Crippen LogP contribution is 2.33. The summed E-state index contributed by atoms with van der Waals surface area (Å²) >= 11 is 0. The quantitative estimate of drug-likeness (QED) is 0.448. The number of rotatable bonds is 8. The Bertz CT molecular complexity index is 1320. The second-order valence-corrected chi connectivity index (χ2v) is 14.5. The van der Waals surface area contributed by atoms with Crippen LogP contribution in [-0.2, 0) is 21.2 Å². The summed E-state index contributed by atoms with van der Waals surface area (Å²) in [6, 6.07) is 9.17. The number of aromatic nitrogens is 2. The standard InChI is InChI=1S/C32H47N5O4S/c1-23-8-10-25(11-9-23)30-7-5-6-28(41-30)12-13-29-24(2)31(34-22-33-29)32(38)37-20-16-27(17-21-37)36-18-14-26(15-19-36)35(3)42(4,39)40/h8-11,22,26-28,30H,5-7,12-21H2,1-4H3/t28-,30+/m0/s1. The number of nitrogens with zero attached hydrogens (tertiary/aromatic N) is 5. The van der Waals surface area contributed by atoms with Gasteiger partial charge in [0, 0.05) is 43.5 Å². The summed E-state index contributed by atoms with van der Waals surface area (Å²) in [5, 5.41) is 0. The van der Waals surface area contributed by atoms with E-state index >= 15 is 0 Å². The van der Waals surface area contributed by atoms with Gasteiger partial charge in [0.1, 0.15) is 12.0 Å². The number of aryl methyl sites for hydroxylation is 2. The fourth-order valence-corrected chi connectivity index (χ4v) is 7.61. The molecule has 3 aliphatic heterocycles. The van der Waals surface area contributed by atoms with Crippen molar-refractivity contribution in [2.24, 2.45) is 0 Å². The van der Waals surface area contributed by atoms with Crippen LogP contribution in [0.25, 0.3) is 0 Å². The first-order chi connectivity index (χ1) is 20.1. The van der Waals surface area contributed by atoms with Crippen LogP contribution >= 0.6 is 0 Å². The van der Waals surface area contributed by atoms with Gasteiger partial charge in [-0.2, -0.15) is 0 Å². The van der Waals surface area contributed by atoms with Crippen LogP contribution in [0.1, 0.15) is 90.3 Å². The highest BCUT2D eigenvalue weighted by molar-refractivity contribution is 7.88. The van der Waals surface area contributed by atoms with Crippen molar-refractivity contribution < 1.29 is 17.9 Å². The van der Waals surface area contributed by atoms with E-state index in [0.717, 1.165) is 82.1 Å². The first kappa shape index (κ1) is 31.0. The van der Waals surface area contributed by atoms with Crippen molar-refractivity contribution in [3.05, 3.63) is 58.7 Å². The van der Waals surface area contributed by atoms with Crippen molar-refractivity contribution in [1.82, 2.24) is 24.1 Å². The van der Waals surface area contributed by atoms with E-state index in [2.05, 4.69) is 46.1 Å². The maximum Gasteiger partial charge on any atom is 0.272 e. The molecule has 1 aromatic heterocycles. The molecule has 10 heteroatoms. The lowest BCUT2D eigenvalue weighted by Crippen LogP contribution is -2.52. The number of hydrogen-bond acceptors (Lipinski definition) is 7. The van der Waals surface area contributed by atoms with Crippen LogP contribution in [0.4, 0.5) is 0 Å². The Balaban J connectivity index is 1.11. The zero-order chi connectivity index (χ0) is 29.9. The second-order valence-electron chi connectivity index (χ2n) is 12.5. The molecule has 3 aliphatic rings. The van der Waals surface area contributed by atoms with E-state index in [0.29, 0.717) is 24.8 Å². The molecule has 5 rings (SSSR count). The molecule has 4 heterocycles. The van der Waals surface area contributed by atoms with E-state index < -0.39 is 10.0 Å². The predicted octanol–water partition coefficient (Wildman–Crippen LogP) is 4.30. The summed E-state index contributed by atoms with van der Waals surface area (Å²) in [5.41, 5.74) is 4.85. The normalized spacial score (nSPS) is 23.4. The van der Waals surface area contributed by atoms with Gasteiger partial charge < -0.3 is 14.5 Å². The van der Waals surface area contributed by atoms with Gasteiger partial charge in [0.2, 0.25) is 10.0 Å². The molecule has 230 valence electrons. The third kappa shape index (κ3) is 7.38. The number of carbonyl (C=O) groups is 1. The number of hydrogen-bond donors (Lipinski definition) is 0. The molecule has 3 fully saturated rings. The highest BCUT2D eigenvalue weighted by Gasteiger charge is 2.33. The van der Waals surface area contributed by atoms with Crippen molar-refractivity contribution in [3.63, 3.8) is 0 Å². The van der Waals surface area contributed by atoms with Gasteiger partial charge in [-0.15, -0.1) is 0 Å². The fourth-order valence-electron chi connectivity index (χ4n) is 6.86. The minimum absolute atomic E-state index is 0.00330. The SMILES string of the molecule is Cc1ccc([C@H]2CCC[C@@H](CCc3ncnc(C(=O)N4CCC(N5CCC(N(C)S(C)(=O)=O)CC5)CC4)c3C)O2)cc1. The zero-order valence-corrected chi connectivity index (χ0v) is 26.5. The summed E-state index contributed by atoms with van der Waals surface area (Å²) in [6.45, 7) is 7.30. The van der Waals surface area contributed by atoms with E-state index in [9.17, 15) is 13.2 Å². The van der Waals surface area contributed by atoms with Crippen LogP contribution in [0, 0.1) is 13.8 Å². The summed E-state index contributed by atoms with van der Waals surface area (Å²) < 4.78 is 31.8. The Morgan fingerprint density at radius 2 is 1.67 bits per heavy atom. The van der Waals surface area contributed by atoms with Crippen LogP contribution in [0.2, 0.25) is 0 Å². The Morgan fingerprint density at radius 1 is 0.976 bits per heavy atom. The Hall–Kier alpha value is -2.40. The molecular weight excluding hydrogens is 550 g/mol. The van der Waals surface area contributed by atoms with E-state index in [1.807, 2.05) is 11.8 Å². The molecule has 0 radical (unpaired) electrons. The van der Waals surface area contributed by atoms with E-state index in [-0.39, 0.29) is 24.2 Å². The number of carbonyl (C=O) groups excluding carboxylic acids is 1. The molecule has 0 spiro atoms. The van der Waals surface area contributed by atoms with E-state index in [1.165, 1.54) is 28.0 Å². The molecule has 2 aromatic rings. The summed E-state index contributed by atoms with van der Waals surface area (Å²) in [4.78, 5) is 26.9. The Labute approximate surface area is 251 Å². The van der Waals surface area contributed by atoms with Gasteiger partial charge >= 0.3 is 0 Å². The molecule has 0 bridgehead atoms. The van der Waals surface area contributed by atoms with Crippen LogP contribution in [0.3, 0.4) is 0 Å². The number of likely N-dealkylation sites (tertiary alicyclic amines) is 2. The summed E-state index contributed by atoms with van der Waals surface area (Å²) in [6.07, 6.45) is 11.6. The van der Waals surface area contributed by atoms with Gasteiger partial charge in [-0.1, -0.05) is 29.8 Å². The molecule has 42 heavy (non-hydrogen) atoms. The van der Waals surface area contributed by atoms with Crippen LogP contribution in [0.5, 0.6) is 0 Å². The monoisotopic (exact) mass is 597 g/mol. The third-order valence-electron chi connectivity index (χ3n) is 9.70. The van der Waals surface area contributed by atoms with Gasteiger partial charge in [0.05, 0.1) is 18.5 Å². The lowest BCUT2D eigenvalue weighted by molar-refractivity contribution is -0.0547. The third-order valence-corrected chi connectivity index (χ3v) is 11.0. The average Bonchev–Trinajstić information content (AvgIpc) is 3.00. The number of piperidine rings is 2. The molecule has 1 aromatic carbocycles. The number of ether oxygens (including phenoxy) is 1. The fraction of sp³-hybridized carbons (Fsp3) is 0.656. The molecule has 0 saturated carbocycles. The largest absolute Gasteiger partial charge is 0.370 e. The molecule has 1 amide bonds. The number of benzene rings is 1. The Kier molecular flexibility index (Phi) is 9.97. The summed E-state index contributed by atoms with van der Waals surface area (Å²) in [5.74, 6) is -0.00330. The minimum Gasteiger partial charge on any atom is -0.370 e. The first-order valence-electron chi connectivity index (χ1n) is 15.6. The molecule has 3 saturated heterocycles. The minimum atomic E-state index is -3.16. The molecule has 0 unspecified atom stereocenters. The van der Waals surface area contributed by atoms with Crippen LogP contribution < -0.4 is 0 Å². The van der Waals surface area contributed by atoms with Crippen molar-refractivity contribution >= 4 is 15.9 Å². The molecule has 0 aliphatic carbocycles. The van der Waals surface area contributed by atoms with Crippen molar-refractivity contribution in [1.29, 1.82) is 0 Å². The van der Waals surface area contributed by atoms with Gasteiger partial charge in [0.15, 0.2) is 0 Å². The molecular formula is C32H47N5O4S. The van der Waals surface area contributed by atoms with Crippen molar-refractivity contribution in [2.75, 3.05) is 39.5 Å². The van der Waals surface area contributed by atoms with Gasteiger partial charge in [0.25, 0.3) is 5.91 Å². The lowest BCUT2D eigenvalue weighted by atomic mass is 9.95. The van der Waals surface area contributed by atoms with Crippen molar-refractivity contribution in [3.8, 4) is 0 Å². The highest BCUT2D eigenvalue weighted by atomic mass is 32.2. The Morgan fingerprint density at radius 3 is 2.33 bits per heavy atom. The van der Waals surface area contributed by atoms with Crippen LogP contribution in [0.15, 0.2) is 30.6 Å². The number of sulfonamides is 1. The van der Waals surface area contributed by atoms with Crippen LogP contribution in [-0.4, -0.2) is 96.1 Å². The molecule has 9 nitrogen and oxygen atoms in total. The van der Waals surface area contributed by atoms with Gasteiger partial charge in [-0.3, -0.25) is 4.79 Å². The molecule has 2 atom stereocenters. The average molecular weight is 598 g/mol. The lowest BCUT2D eigenvalue weighted by Gasteiger charge is -2.43.